The van der Waals surface area contributed by atoms with E-state index in [1.54, 1.807) is 12.4 Å². The van der Waals surface area contributed by atoms with Gasteiger partial charge in [0.25, 0.3) is 0 Å². The van der Waals surface area contributed by atoms with Crippen LogP contribution in [0.25, 0.3) is 0 Å². The van der Waals surface area contributed by atoms with Crippen LogP contribution in [0.15, 0.2) is 30.6 Å². The number of unbranched alkanes of at least 4 members (excludes halogenated alkanes) is 3. The molecule has 152 valence electrons. The standard InChI is InChI=1S/C21H30N4O3/c1-3-22-19-12-8-11-18(25-19)10-7-5-4-6-9-16(13-20(26)27)17-14-23-21(28-2)24-15-17/h8,11-12,14-16H,3-7,9-10,13H2,1-2H3,(H,22,25)(H,26,27)/t16-/m1/s1. The number of nitrogens with one attached hydrogen (secondary N) is 1. The maximum absolute atomic E-state index is 11.2. The van der Waals surface area contributed by atoms with Crippen LogP contribution in [-0.4, -0.2) is 39.7 Å². The number of rotatable bonds is 13. The summed E-state index contributed by atoms with van der Waals surface area (Å²) in [5.41, 5.74) is 1.96. The van der Waals surface area contributed by atoms with Crippen molar-refractivity contribution in [2.45, 2.75) is 57.8 Å². The van der Waals surface area contributed by atoms with Crippen LogP contribution in [0.1, 0.15) is 62.6 Å². The molecule has 2 N–H and O–H groups in total. The molecule has 0 radical (unpaired) electrons. The Hall–Kier alpha value is -2.70. The van der Waals surface area contributed by atoms with Crippen LogP contribution in [0.2, 0.25) is 0 Å². The van der Waals surface area contributed by atoms with E-state index in [1.165, 1.54) is 7.11 Å². The molecule has 2 rings (SSSR count). The summed E-state index contributed by atoms with van der Waals surface area (Å²) in [6, 6.07) is 6.38. The highest BCUT2D eigenvalue weighted by atomic mass is 16.5. The van der Waals surface area contributed by atoms with E-state index in [0.29, 0.717) is 6.01 Å². The number of hydrogen-bond donors (Lipinski definition) is 2. The van der Waals surface area contributed by atoms with Crippen molar-refractivity contribution in [3.8, 4) is 6.01 Å². The van der Waals surface area contributed by atoms with Crippen molar-refractivity contribution < 1.29 is 14.6 Å². The topological polar surface area (TPSA) is 97.2 Å². The number of aliphatic carboxylic acids is 1. The number of nitrogens with zero attached hydrogens (tertiary/aromatic N) is 3. The van der Waals surface area contributed by atoms with Crippen LogP contribution < -0.4 is 10.1 Å². The average Bonchev–Trinajstić information content (AvgIpc) is 2.70. The van der Waals surface area contributed by atoms with Crippen molar-refractivity contribution in [3.63, 3.8) is 0 Å². The van der Waals surface area contributed by atoms with Gasteiger partial charge in [-0.25, -0.2) is 15.0 Å². The van der Waals surface area contributed by atoms with E-state index < -0.39 is 5.97 Å². The normalized spacial score (nSPS) is 11.8. The quantitative estimate of drug-likeness (QED) is 0.501. The molecule has 0 unspecified atom stereocenters. The fraction of sp³-hybridized carbons (Fsp3) is 0.524. The second-order valence-electron chi connectivity index (χ2n) is 6.80. The largest absolute Gasteiger partial charge is 0.481 e. The molecular weight excluding hydrogens is 356 g/mol. The minimum Gasteiger partial charge on any atom is -0.481 e. The molecule has 0 fully saturated rings. The van der Waals surface area contributed by atoms with Gasteiger partial charge in [0.2, 0.25) is 0 Å². The van der Waals surface area contributed by atoms with Crippen LogP contribution in [-0.2, 0) is 11.2 Å². The van der Waals surface area contributed by atoms with Gasteiger partial charge >= 0.3 is 12.0 Å². The van der Waals surface area contributed by atoms with Crippen molar-refractivity contribution in [1.82, 2.24) is 15.0 Å². The summed E-state index contributed by atoms with van der Waals surface area (Å²) in [6.45, 7) is 2.93. The Morgan fingerprint density at radius 2 is 1.93 bits per heavy atom. The Morgan fingerprint density at radius 3 is 2.61 bits per heavy atom. The molecule has 0 bridgehead atoms. The highest BCUT2D eigenvalue weighted by molar-refractivity contribution is 5.68. The number of ether oxygens (including phenoxy) is 1. The predicted molar refractivity (Wildman–Crippen MR) is 109 cm³/mol. The van der Waals surface area contributed by atoms with Gasteiger partial charge in [-0.05, 0) is 49.8 Å². The first kappa shape index (κ1) is 21.6. The van der Waals surface area contributed by atoms with E-state index in [0.717, 1.165) is 62.1 Å². The molecule has 2 aromatic heterocycles. The number of aromatic nitrogens is 3. The first-order chi connectivity index (χ1) is 13.6. The third kappa shape index (κ3) is 7.50. The van der Waals surface area contributed by atoms with Crippen molar-refractivity contribution >= 4 is 11.8 Å². The van der Waals surface area contributed by atoms with E-state index in [9.17, 15) is 9.90 Å². The lowest BCUT2D eigenvalue weighted by Crippen LogP contribution is -2.08. The Bertz CT molecular complexity index is 722. The third-order valence-corrected chi connectivity index (χ3v) is 4.62. The van der Waals surface area contributed by atoms with Gasteiger partial charge in [0.1, 0.15) is 5.82 Å². The van der Waals surface area contributed by atoms with Crippen molar-refractivity contribution in [2.24, 2.45) is 0 Å². The number of carbonyl (C=O) groups is 1. The monoisotopic (exact) mass is 386 g/mol. The summed E-state index contributed by atoms with van der Waals surface area (Å²) in [5.74, 6) is 0.0626. The summed E-state index contributed by atoms with van der Waals surface area (Å²) < 4.78 is 4.97. The number of carboxylic acid groups (broad SMARTS) is 1. The Kier molecular flexibility index (Phi) is 9.18. The molecule has 2 heterocycles. The van der Waals surface area contributed by atoms with Gasteiger partial charge in [-0.3, -0.25) is 4.79 Å². The van der Waals surface area contributed by atoms with Crippen LogP contribution in [0.3, 0.4) is 0 Å². The molecule has 0 amide bonds. The third-order valence-electron chi connectivity index (χ3n) is 4.62. The zero-order valence-corrected chi connectivity index (χ0v) is 16.7. The minimum absolute atomic E-state index is 0.0677. The zero-order chi connectivity index (χ0) is 20.2. The summed E-state index contributed by atoms with van der Waals surface area (Å²) in [7, 11) is 1.51. The van der Waals surface area contributed by atoms with Gasteiger partial charge in [0.15, 0.2) is 0 Å². The molecule has 7 nitrogen and oxygen atoms in total. The van der Waals surface area contributed by atoms with Crippen LogP contribution in [0.4, 0.5) is 5.82 Å². The van der Waals surface area contributed by atoms with Gasteiger partial charge in [0.05, 0.1) is 13.5 Å². The smallest absolute Gasteiger partial charge is 0.316 e. The number of methoxy groups -OCH3 is 1. The SMILES string of the molecule is CCNc1cccc(CCCCCC[C@H](CC(=O)O)c2cnc(OC)nc2)n1. The molecule has 0 spiro atoms. The average molecular weight is 386 g/mol. The molecule has 0 aliphatic carbocycles. The fourth-order valence-corrected chi connectivity index (χ4v) is 3.19. The molecule has 28 heavy (non-hydrogen) atoms. The van der Waals surface area contributed by atoms with Gasteiger partial charge in [0, 0.05) is 24.6 Å². The molecule has 0 saturated heterocycles. The second-order valence-corrected chi connectivity index (χ2v) is 6.80. The van der Waals surface area contributed by atoms with Crippen molar-refractivity contribution in [3.05, 3.63) is 41.9 Å². The molecule has 7 heteroatoms. The van der Waals surface area contributed by atoms with Crippen LogP contribution >= 0.6 is 0 Å². The van der Waals surface area contributed by atoms with Crippen LogP contribution in [0, 0.1) is 0 Å². The van der Waals surface area contributed by atoms with E-state index in [-0.39, 0.29) is 12.3 Å². The lowest BCUT2D eigenvalue weighted by Gasteiger charge is -2.14. The van der Waals surface area contributed by atoms with Gasteiger partial charge < -0.3 is 15.2 Å². The molecule has 0 aromatic carbocycles. The maximum Gasteiger partial charge on any atom is 0.316 e. The Morgan fingerprint density at radius 1 is 1.18 bits per heavy atom. The zero-order valence-electron chi connectivity index (χ0n) is 16.7. The summed E-state index contributed by atoms with van der Waals surface area (Å²) in [4.78, 5) is 24.0. The number of pyridine rings is 1. The van der Waals surface area contributed by atoms with Crippen LogP contribution in [0.5, 0.6) is 6.01 Å². The van der Waals surface area contributed by atoms with Crippen molar-refractivity contribution in [1.29, 1.82) is 0 Å². The first-order valence-electron chi connectivity index (χ1n) is 9.90. The van der Waals surface area contributed by atoms with Gasteiger partial charge in [-0.15, -0.1) is 0 Å². The number of anilines is 1. The van der Waals surface area contributed by atoms with E-state index in [2.05, 4.69) is 33.3 Å². The molecule has 0 aliphatic rings. The Balaban J connectivity index is 1.74. The summed E-state index contributed by atoms with van der Waals surface area (Å²) in [6.07, 6.45) is 9.45. The van der Waals surface area contributed by atoms with Gasteiger partial charge in [-0.1, -0.05) is 25.3 Å². The molecule has 0 saturated carbocycles. The highest BCUT2D eigenvalue weighted by Gasteiger charge is 2.16. The lowest BCUT2D eigenvalue weighted by molar-refractivity contribution is -0.137. The number of hydrogen-bond acceptors (Lipinski definition) is 6. The predicted octanol–water partition coefficient (Wildman–Crippen LogP) is 4.06. The molecule has 0 aliphatic heterocycles. The summed E-state index contributed by atoms with van der Waals surface area (Å²) >= 11 is 0. The summed E-state index contributed by atoms with van der Waals surface area (Å²) in [5, 5.41) is 12.4. The maximum atomic E-state index is 11.2. The minimum atomic E-state index is -0.799. The molecule has 2 aromatic rings. The van der Waals surface area contributed by atoms with E-state index >= 15 is 0 Å². The van der Waals surface area contributed by atoms with Gasteiger partial charge in [-0.2, -0.15) is 0 Å². The number of aryl methyl sites for hydroxylation is 1. The van der Waals surface area contributed by atoms with E-state index in [1.807, 2.05) is 12.1 Å². The second kappa shape index (κ2) is 11.9. The Labute approximate surface area is 166 Å². The lowest BCUT2D eigenvalue weighted by atomic mass is 9.92. The molecular formula is C21H30N4O3. The first-order valence-corrected chi connectivity index (χ1v) is 9.90. The van der Waals surface area contributed by atoms with Crippen molar-refractivity contribution in [2.75, 3.05) is 19.0 Å². The molecule has 1 atom stereocenters. The fourth-order valence-electron chi connectivity index (χ4n) is 3.19. The van der Waals surface area contributed by atoms with E-state index in [4.69, 9.17) is 4.74 Å². The highest BCUT2D eigenvalue weighted by Crippen LogP contribution is 2.26. The number of carboxylic acids is 1.